The molecule has 0 radical (unpaired) electrons. The molecule has 1 aliphatic heterocycles. The van der Waals surface area contributed by atoms with Crippen molar-refractivity contribution in [2.45, 2.75) is 77.5 Å². The summed E-state index contributed by atoms with van der Waals surface area (Å²) < 4.78 is 0. The van der Waals surface area contributed by atoms with Crippen molar-refractivity contribution in [1.29, 1.82) is 0 Å². The number of carbonyl (C=O) groups excluding carboxylic acids is 6. The minimum Gasteiger partial charge on any atom is -0.345 e. The molecule has 0 fully saturated rings. The van der Waals surface area contributed by atoms with E-state index in [0.717, 1.165) is 11.1 Å². The van der Waals surface area contributed by atoms with Gasteiger partial charge in [0.05, 0.1) is 12.6 Å². The fourth-order valence-corrected chi connectivity index (χ4v) is 6.76. The quantitative estimate of drug-likeness (QED) is 0.286. The van der Waals surface area contributed by atoms with Crippen LogP contribution in [-0.2, 0) is 36.8 Å². The van der Waals surface area contributed by atoms with Gasteiger partial charge in [-0.25, -0.2) is 4.98 Å². The maximum atomic E-state index is 13.7. The monoisotopic (exact) mass is 765 g/mol. The van der Waals surface area contributed by atoms with E-state index >= 15 is 0 Å². The number of aromatic nitrogens is 1. The topological polar surface area (TPSA) is 170 Å². The van der Waals surface area contributed by atoms with Crippen molar-refractivity contribution in [3.8, 4) is 0 Å². The summed E-state index contributed by atoms with van der Waals surface area (Å²) in [5, 5.41) is 13.7. The molecule has 0 saturated carbocycles. The van der Waals surface area contributed by atoms with Gasteiger partial charge in [-0.05, 0) is 62.3 Å². The van der Waals surface area contributed by atoms with Gasteiger partial charge in [-0.1, -0.05) is 67.9 Å². The first-order valence-corrected chi connectivity index (χ1v) is 18.9. The molecule has 1 aliphatic rings. The lowest BCUT2D eigenvalue weighted by Crippen LogP contribution is -2.57. The highest BCUT2D eigenvalue weighted by Gasteiger charge is 2.31. The molecule has 4 rings (SSSR count). The lowest BCUT2D eigenvalue weighted by Gasteiger charge is -2.29. The fraction of sp³-hybridized carbons (Fsp3) is 0.447. The molecular formula is C38H48ClN7O6S. The number of hydrogen-bond donors (Lipinski definition) is 4. The highest BCUT2D eigenvalue weighted by atomic mass is 35.5. The van der Waals surface area contributed by atoms with E-state index in [-0.39, 0.29) is 43.6 Å². The van der Waals surface area contributed by atoms with E-state index in [4.69, 9.17) is 11.6 Å². The number of nitrogens with zero attached hydrogens (tertiary/aromatic N) is 3. The molecule has 0 aliphatic carbocycles. The average molecular weight is 766 g/mol. The van der Waals surface area contributed by atoms with Crippen LogP contribution < -0.4 is 21.3 Å². The van der Waals surface area contributed by atoms with Crippen molar-refractivity contribution in [3.63, 3.8) is 0 Å². The number of halogens is 1. The summed E-state index contributed by atoms with van der Waals surface area (Å²) in [7, 11) is 1.56. The van der Waals surface area contributed by atoms with Crippen LogP contribution in [0.1, 0.15) is 73.2 Å². The van der Waals surface area contributed by atoms with Crippen LogP contribution in [0, 0.1) is 5.92 Å². The van der Waals surface area contributed by atoms with E-state index in [1.165, 1.54) is 35.0 Å². The second-order valence-corrected chi connectivity index (χ2v) is 14.9. The molecule has 3 aromatic rings. The number of rotatable bonds is 7. The Morgan fingerprint density at radius 2 is 1.58 bits per heavy atom. The number of amides is 6. The van der Waals surface area contributed by atoms with Gasteiger partial charge in [0, 0.05) is 37.0 Å². The zero-order valence-electron chi connectivity index (χ0n) is 30.7. The number of aryl methyl sites for hydroxylation is 1. The van der Waals surface area contributed by atoms with Crippen molar-refractivity contribution in [3.05, 3.63) is 86.8 Å². The average Bonchev–Trinajstić information content (AvgIpc) is 3.63. The van der Waals surface area contributed by atoms with Crippen molar-refractivity contribution in [1.82, 2.24) is 36.1 Å². The number of nitrogens with one attached hydrogen (secondary N) is 4. The molecule has 2 bridgehead atoms. The Morgan fingerprint density at radius 3 is 2.26 bits per heavy atom. The van der Waals surface area contributed by atoms with Crippen LogP contribution in [0.25, 0.3) is 0 Å². The van der Waals surface area contributed by atoms with E-state index in [1.807, 2.05) is 42.5 Å². The summed E-state index contributed by atoms with van der Waals surface area (Å²) >= 11 is 7.21. The smallest absolute Gasteiger partial charge is 0.271 e. The molecule has 0 saturated heterocycles. The third kappa shape index (κ3) is 12.1. The first-order chi connectivity index (χ1) is 25.2. The number of thiazole rings is 1. The Bertz CT molecular complexity index is 1750. The third-order valence-corrected chi connectivity index (χ3v) is 10.1. The van der Waals surface area contributed by atoms with Gasteiger partial charge >= 0.3 is 0 Å². The predicted octanol–water partition coefficient (Wildman–Crippen LogP) is 3.28. The first kappa shape index (κ1) is 40.9. The second kappa shape index (κ2) is 19.3. The molecule has 2 heterocycles. The van der Waals surface area contributed by atoms with E-state index in [0.29, 0.717) is 29.3 Å². The molecule has 6 amide bonds. The Morgan fingerprint density at radius 1 is 0.887 bits per heavy atom. The van der Waals surface area contributed by atoms with Gasteiger partial charge in [-0.2, -0.15) is 0 Å². The highest BCUT2D eigenvalue weighted by molar-refractivity contribution is 7.09. The second-order valence-electron chi connectivity index (χ2n) is 13.6. The predicted molar refractivity (Wildman–Crippen MR) is 203 cm³/mol. The zero-order chi connectivity index (χ0) is 38.7. The van der Waals surface area contributed by atoms with Crippen LogP contribution in [0.5, 0.6) is 0 Å². The SMILES string of the molecule is CC(C)[C@@H]1NC(=O)[C@H](C)NC(=O)c2csc(n2)[C@H](Cc2ccccc2)NC(=O)CN(C(=O)CCCc2ccc(Cl)cc2)CCN(C)C(=O)[C@@H](C)NC1=O. The van der Waals surface area contributed by atoms with Gasteiger partial charge in [0.2, 0.25) is 29.5 Å². The summed E-state index contributed by atoms with van der Waals surface area (Å²) in [5.41, 5.74) is 2.01. The Balaban J connectivity index is 1.62. The highest BCUT2D eigenvalue weighted by Crippen LogP contribution is 2.23. The molecule has 13 nitrogen and oxygen atoms in total. The maximum Gasteiger partial charge on any atom is 0.271 e. The van der Waals surface area contributed by atoms with Crippen LogP contribution in [-0.4, -0.2) is 95.0 Å². The Hall–Kier alpha value is -4.82. The lowest BCUT2D eigenvalue weighted by molar-refractivity contribution is -0.139. The zero-order valence-corrected chi connectivity index (χ0v) is 32.3. The molecular weight excluding hydrogens is 718 g/mol. The van der Waals surface area contributed by atoms with Gasteiger partial charge in [-0.15, -0.1) is 11.3 Å². The maximum absolute atomic E-state index is 13.7. The normalized spacial score (nSPS) is 21.3. The van der Waals surface area contributed by atoms with Crippen molar-refractivity contribution < 1.29 is 28.8 Å². The van der Waals surface area contributed by atoms with Crippen LogP contribution in [0.4, 0.5) is 0 Å². The van der Waals surface area contributed by atoms with Crippen molar-refractivity contribution in [2.75, 3.05) is 26.7 Å². The third-order valence-electron chi connectivity index (χ3n) is 8.93. The van der Waals surface area contributed by atoms with E-state index in [9.17, 15) is 28.8 Å². The molecule has 4 atom stereocenters. The molecule has 0 spiro atoms. The fourth-order valence-electron chi connectivity index (χ4n) is 5.79. The number of hydrogen-bond acceptors (Lipinski definition) is 8. The van der Waals surface area contributed by atoms with Gasteiger partial charge in [0.25, 0.3) is 5.91 Å². The van der Waals surface area contributed by atoms with Gasteiger partial charge in [0.1, 0.15) is 28.8 Å². The first-order valence-electron chi connectivity index (χ1n) is 17.7. The largest absolute Gasteiger partial charge is 0.345 e. The number of likely N-dealkylation sites (N-methyl/N-ethyl adjacent to an activating group) is 1. The van der Waals surface area contributed by atoms with E-state index in [2.05, 4.69) is 26.3 Å². The molecule has 53 heavy (non-hydrogen) atoms. The van der Waals surface area contributed by atoms with Gasteiger partial charge < -0.3 is 31.1 Å². The number of carbonyl (C=O) groups is 6. The molecule has 0 unspecified atom stereocenters. The van der Waals surface area contributed by atoms with Crippen LogP contribution >= 0.6 is 22.9 Å². The summed E-state index contributed by atoms with van der Waals surface area (Å²) in [4.78, 5) is 87.8. The van der Waals surface area contributed by atoms with Crippen molar-refractivity contribution >= 4 is 58.4 Å². The number of benzene rings is 2. The standard InChI is InChI=1S/C38H48ClN7O6S/c1-23(2)33-36(51)41-25(4)38(52)45(5)18-19-46(32(48)13-9-12-26-14-16-28(39)17-15-26)21-31(47)42-29(20-27-10-7-6-8-11-27)37-43-30(22-53-37)35(50)40-24(3)34(49)44-33/h6-8,10-11,14-17,22-25,29,33H,9,12-13,18-21H2,1-5H3,(H,40,50)(H,41,51)(H,42,47)(H,44,49)/t24-,25+,29-,33-/m0/s1. The van der Waals surface area contributed by atoms with Gasteiger partial charge in [0.15, 0.2) is 0 Å². The summed E-state index contributed by atoms with van der Waals surface area (Å²) in [6, 6.07) is 13.3. The van der Waals surface area contributed by atoms with Crippen LogP contribution in [0.3, 0.4) is 0 Å². The Labute approximate surface area is 319 Å². The molecule has 15 heteroatoms. The molecule has 2 aromatic carbocycles. The molecule has 284 valence electrons. The van der Waals surface area contributed by atoms with Gasteiger partial charge in [-0.3, -0.25) is 28.8 Å². The van der Waals surface area contributed by atoms with Crippen LogP contribution in [0.2, 0.25) is 5.02 Å². The Kier molecular flexibility index (Phi) is 14.9. The van der Waals surface area contributed by atoms with Crippen molar-refractivity contribution in [2.24, 2.45) is 5.92 Å². The lowest BCUT2D eigenvalue weighted by atomic mass is 10.0. The van der Waals surface area contributed by atoms with E-state index < -0.39 is 53.7 Å². The van der Waals surface area contributed by atoms with Crippen LogP contribution in [0.15, 0.2) is 60.0 Å². The summed E-state index contributed by atoms with van der Waals surface area (Å²) in [5.74, 6) is -3.20. The summed E-state index contributed by atoms with van der Waals surface area (Å²) in [6.07, 6.45) is 1.69. The molecule has 4 N–H and O–H groups in total. The van der Waals surface area contributed by atoms with E-state index in [1.54, 1.807) is 38.4 Å². The number of fused-ring (bicyclic) bond motifs is 2. The summed E-state index contributed by atoms with van der Waals surface area (Å²) in [6.45, 7) is 6.42. The molecule has 1 aromatic heterocycles. The minimum absolute atomic E-state index is 0.0591. The minimum atomic E-state index is -1.02.